The first-order valence-electron chi connectivity index (χ1n) is 11.0. The van der Waals surface area contributed by atoms with Gasteiger partial charge in [0.25, 0.3) is 5.56 Å². The first kappa shape index (κ1) is 20.2. The van der Waals surface area contributed by atoms with Crippen molar-refractivity contribution in [2.75, 3.05) is 0 Å². The van der Waals surface area contributed by atoms with Crippen LogP contribution in [0.3, 0.4) is 0 Å². The fraction of sp³-hybridized carbons (Fsp3) is 0.308. The Hall–Kier alpha value is -2.76. The lowest BCUT2D eigenvalue weighted by Gasteiger charge is -2.22. The van der Waals surface area contributed by atoms with Crippen molar-refractivity contribution in [2.45, 2.75) is 51.6 Å². The van der Waals surface area contributed by atoms with Crippen LogP contribution in [0.25, 0.3) is 21.3 Å². The third-order valence-corrected chi connectivity index (χ3v) is 7.20. The second-order valence-electron chi connectivity index (χ2n) is 8.49. The van der Waals surface area contributed by atoms with Crippen LogP contribution in [0, 0.1) is 0 Å². The van der Waals surface area contributed by atoms with E-state index in [1.54, 1.807) is 0 Å². The van der Waals surface area contributed by atoms with Gasteiger partial charge in [-0.1, -0.05) is 48.5 Å². The molecule has 0 saturated carbocycles. The molecule has 0 spiro atoms. The summed E-state index contributed by atoms with van der Waals surface area (Å²) in [5.41, 5.74) is 6.20. The van der Waals surface area contributed by atoms with E-state index in [4.69, 9.17) is 4.98 Å². The minimum atomic E-state index is -0.0739. The molecular weight excluding hydrogens is 402 g/mol. The third kappa shape index (κ3) is 3.95. The summed E-state index contributed by atoms with van der Waals surface area (Å²) in [4.78, 5) is 21.6. The third-order valence-electron chi connectivity index (χ3n) is 6.33. The van der Waals surface area contributed by atoms with Crippen LogP contribution in [0.2, 0.25) is 0 Å². The molecule has 5 heteroatoms. The zero-order chi connectivity index (χ0) is 21.4. The normalized spacial score (nSPS) is 15.5. The average molecular weight is 430 g/mol. The highest BCUT2D eigenvalue weighted by atomic mass is 32.1. The Bertz CT molecular complexity index is 1280. The second-order valence-corrected chi connectivity index (χ2v) is 9.35. The van der Waals surface area contributed by atoms with Crippen molar-refractivity contribution < 1.29 is 0 Å². The Morgan fingerprint density at radius 2 is 1.77 bits per heavy atom. The smallest absolute Gasteiger partial charge is 0.260 e. The van der Waals surface area contributed by atoms with Crippen LogP contribution in [0.15, 0.2) is 58.7 Å². The van der Waals surface area contributed by atoms with Crippen LogP contribution in [0.5, 0.6) is 0 Å². The molecule has 0 radical (unpaired) electrons. The maximum atomic E-state index is 13.0. The monoisotopic (exact) mass is 429 g/mol. The van der Waals surface area contributed by atoms with E-state index < -0.39 is 0 Å². The van der Waals surface area contributed by atoms with E-state index in [2.05, 4.69) is 42.3 Å². The molecule has 4 aromatic rings. The Kier molecular flexibility index (Phi) is 5.47. The first-order valence-corrected chi connectivity index (χ1v) is 11.9. The van der Waals surface area contributed by atoms with Crippen molar-refractivity contribution in [3.05, 3.63) is 86.8 Å². The van der Waals surface area contributed by atoms with Crippen LogP contribution in [0.4, 0.5) is 0 Å². The van der Waals surface area contributed by atoms with E-state index in [0.29, 0.717) is 11.2 Å². The molecule has 31 heavy (non-hydrogen) atoms. The summed E-state index contributed by atoms with van der Waals surface area (Å²) in [6.45, 7) is 4.24. The highest BCUT2D eigenvalue weighted by Crippen LogP contribution is 2.31. The van der Waals surface area contributed by atoms with Gasteiger partial charge in [0.2, 0.25) is 0 Å². The molecule has 2 N–H and O–H groups in total. The predicted octanol–water partition coefficient (Wildman–Crippen LogP) is 5.94. The number of thiophene rings is 1. The molecule has 2 aromatic heterocycles. The highest BCUT2D eigenvalue weighted by Gasteiger charge is 2.18. The predicted molar refractivity (Wildman–Crippen MR) is 129 cm³/mol. The van der Waals surface area contributed by atoms with Gasteiger partial charge < -0.3 is 10.3 Å². The zero-order valence-electron chi connectivity index (χ0n) is 17.9. The van der Waals surface area contributed by atoms with Crippen LogP contribution >= 0.6 is 11.3 Å². The number of nitrogens with one attached hydrogen (secondary N) is 2. The van der Waals surface area contributed by atoms with E-state index in [-0.39, 0.29) is 17.6 Å². The summed E-state index contributed by atoms with van der Waals surface area (Å²) in [6, 6.07) is 17.0. The Labute approximate surface area is 186 Å². The molecule has 1 aliphatic rings. The molecule has 2 atom stereocenters. The molecule has 0 bridgehead atoms. The number of hydrogen-bond donors (Lipinski definition) is 2. The number of H-pyrrole nitrogens is 1. The number of fused-ring (bicyclic) bond motifs is 2. The summed E-state index contributed by atoms with van der Waals surface area (Å²) in [7, 11) is 0. The molecule has 0 aliphatic heterocycles. The molecule has 2 heterocycles. The van der Waals surface area contributed by atoms with E-state index in [1.807, 2.05) is 35.7 Å². The van der Waals surface area contributed by atoms with Crippen LogP contribution in [0.1, 0.15) is 61.3 Å². The number of aryl methyl sites for hydroxylation is 2. The minimum Gasteiger partial charge on any atom is -0.309 e. The van der Waals surface area contributed by atoms with Gasteiger partial charge in [-0.3, -0.25) is 4.79 Å². The fourth-order valence-electron chi connectivity index (χ4n) is 4.57. The molecule has 2 aromatic carbocycles. The lowest BCUT2D eigenvalue weighted by Crippen LogP contribution is -2.26. The molecule has 5 rings (SSSR count). The summed E-state index contributed by atoms with van der Waals surface area (Å²) < 4.78 is 0. The van der Waals surface area contributed by atoms with E-state index in [9.17, 15) is 4.79 Å². The van der Waals surface area contributed by atoms with Gasteiger partial charge in [0.1, 0.15) is 10.7 Å². The van der Waals surface area contributed by atoms with Gasteiger partial charge in [0.05, 0.1) is 11.4 Å². The molecule has 0 unspecified atom stereocenters. The van der Waals surface area contributed by atoms with Gasteiger partial charge in [0, 0.05) is 17.0 Å². The summed E-state index contributed by atoms with van der Waals surface area (Å²) in [6.07, 6.45) is 4.96. The summed E-state index contributed by atoms with van der Waals surface area (Å²) in [5, 5.41) is 6.33. The van der Waals surface area contributed by atoms with Gasteiger partial charge >= 0.3 is 0 Å². The Morgan fingerprint density at radius 1 is 1.00 bits per heavy atom. The van der Waals surface area contributed by atoms with E-state index >= 15 is 0 Å². The standard InChI is InChI=1S/C26H27N3OS/c1-16(20-13-12-18-8-6-7-11-21(18)14-20)27-17(2)24-28-25(30)23-22(15-31-26(23)29-24)19-9-4-3-5-10-19/h3-5,9-10,12-17,27H,6-8,11H2,1-2H3,(H,28,29,30)/t16-,17+/m1/s1. The first-order chi connectivity index (χ1) is 15.1. The lowest BCUT2D eigenvalue weighted by atomic mass is 9.89. The minimum absolute atomic E-state index is 0.0644. The Morgan fingerprint density at radius 3 is 2.58 bits per heavy atom. The number of rotatable bonds is 5. The number of aromatic nitrogens is 2. The summed E-state index contributed by atoms with van der Waals surface area (Å²) >= 11 is 1.53. The Balaban J connectivity index is 1.40. The number of nitrogens with zero attached hydrogens (tertiary/aromatic N) is 1. The quantitative estimate of drug-likeness (QED) is 0.413. The second kappa shape index (κ2) is 8.40. The van der Waals surface area contributed by atoms with Crippen molar-refractivity contribution in [1.29, 1.82) is 0 Å². The van der Waals surface area contributed by atoms with Crippen molar-refractivity contribution in [3.8, 4) is 11.1 Å². The molecule has 4 nitrogen and oxygen atoms in total. The average Bonchev–Trinajstić information content (AvgIpc) is 3.24. The van der Waals surface area contributed by atoms with Gasteiger partial charge in [-0.2, -0.15) is 0 Å². The maximum absolute atomic E-state index is 13.0. The lowest BCUT2D eigenvalue weighted by molar-refractivity contribution is 0.476. The van der Waals surface area contributed by atoms with Gasteiger partial charge in [0.15, 0.2) is 0 Å². The summed E-state index contributed by atoms with van der Waals surface area (Å²) in [5.74, 6) is 0.684. The molecule has 0 fully saturated rings. The van der Waals surface area contributed by atoms with Crippen molar-refractivity contribution in [2.24, 2.45) is 0 Å². The maximum Gasteiger partial charge on any atom is 0.260 e. The van der Waals surface area contributed by atoms with Crippen LogP contribution in [-0.4, -0.2) is 9.97 Å². The van der Waals surface area contributed by atoms with Gasteiger partial charge in [-0.25, -0.2) is 4.98 Å². The van der Waals surface area contributed by atoms with Crippen LogP contribution in [-0.2, 0) is 12.8 Å². The van der Waals surface area contributed by atoms with Gasteiger partial charge in [-0.05, 0) is 61.8 Å². The van der Waals surface area contributed by atoms with Crippen molar-refractivity contribution >= 4 is 21.6 Å². The molecule has 0 saturated heterocycles. The number of aromatic amines is 1. The highest BCUT2D eigenvalue weighted by molar-refractivity contribution is 7.17. The van der Waals surface area contributed by atoms with E-state index in [0.717, 1.165) is 16.0 Å². The van der Waals surface area contributed by atoms with E-state index in [1.165, 1.54) is 53.7 Å². The van der Waals surface area contributed by atoms with Crippen molar-refractivity contribution in [3.63, 3.8) is 0 Å². The molecular formula is C26H27N3OS. The largest absolute Gasteiger partial charge is 0.309 e. The van der Waals surface area contributed by atoms with Gasteiger partial charge in [-0.15, -0.1) is 11.3 Å². The molecule has 158 valence electrons. The molecule has 1 aliphatic carbocycles. The van der Waals surface area contributed by atoms with Crippen molar-refractivity contribution in [1.82, 2.24) is 15.3 Å². The SMILES string of the molecule is C[C@H](N[C@H](C)c1ccc2c(c1)CCCC2)c1nc2scc(-c3ccccc3)c2c(=O)[nH]1. The number of hydrogen-bond acceptors (Lipinski definition) is 4. The zero-order valence-corrected chi connectivity index (χ0v) is 18.8. The fourth-order valence-corrected chi connectivity index (χ4v) is 5.53. The number of benzene rings is 2. The van der Waals surface area contributed by atoms with Crippen LogP contribution < -0.4 is 10.9 Å². The molecule has 0 amide bonds. The topological polar surface area (TPSA) is 57.8 Å².